The van der Waals surface area contributed by atoms with Gasteiger partial charge in [-0.1, -0.05) is 6.07 Å². The average molecular weight is 420 g/mol. The summed E-state index contributed by atoms with van der Waals surface area (Å²) in [6.45, 7) is 4.23. The van der Waals surface area contributed by atoms with Crippen molar-refractivity contribution in [3.8, 4) is 17.2 Å². The van der Waals surface area contributed by atoms with Crippen molar-refractivity contribution in [3.05, 3.63) is 70.5 Å². The Kier molecular flexibility index (Phi) is 5.98. The molecule has 1 N–H and O–H groups in total. The third-order valence-corrected chi connectivity index (χ3v) is 6.09. The largest absolute Gasteiger partial charge is 0.497 e. The number of hydrogen-bond donors (Lipinski definition) is 1. The maximum atomic E-state index is 12.9. The van der Waals surface area contributed by atoms with Gasteiger partial charge in [-0.3, -0.25) is 4.79 Å². The normalized spacial score (nSPS) is 15.3. The Hall–Kier alpha value is -3.28. The molecule has 1 aliphatic rings. The van der Waals surface area contributed by atoms with Gasteiger partial charge >= 0.3 is 0 Å². The van der Waals surface area contributed by atoms with Crippen LogP contribution in [0, 0.1) is 13.8 Å². The van der Waals surface area contributed by atoms with E-state index in [0.29, 0.717) is 11.5 Å². The maximum absolute atomic E-state index is 12.9. The van der Waals surface area contributed by atoms with E-state index in [0.717, 1.165) is 36.1 Å². The van der Waals surface area contributed by atoms with Crippen LogP contribution < -0.4 is 14.8 Å². The first-order valence-corrected chi connectivity index (χ1v) is 10.6. The Bertz CT molecular complexity index is 1100. The summed E-state index contributed by atoms with van der Waals surface area (Å²) in [6.07, 6.45) is 5.01. The first-order valence-electron chi connectivity index (χ1n) is 10.6. The van der Waals surface area contributed by atoms with Crippen LogP contribution >= 0.6 is 0 Å². The molecule has 2 aromatic carbocycles. The number of amides is 1. The van der Waals surface area contributed by atoms with E-state index in [4.69, 9.17) is 9.47 Å². The highest BCUT2D eigenvalue weighted by molar-refractivity contribution is 5.80. The summed E-state index contributed by atoms with van der Waals surface area (Å²) in [4.78, 5) is 12.9. The van der Waals surface area contributed by atoms with Gasteiger partial charge in [0.25, 0.3) is 0 Å². The number of hydrogen-bond acceptors (Lipinski definition) is 4. The van der Waals surface area contributed by atoms with E-state index in [9.17, 15) is 4.79 Å². The predicted octanol–water partition coefficient (Wildman–Crippen LogP) is 4.24. The van der Waals surface area contributed by atoms with Gasteiger partial charge in [0.1, 0.15) is 11.5 Å². The SMILES string of the molecule is COc1ccc(OC)c(CC(=O)NC2CCCc3c2cnn3-c2ccc(C)c(C)c2)c1. The van der Waals surface area contributed by atoms with Crippen LogP contribution in [0.25, 0.3) is 5.69 Å². The van der Waals surface area contributed by atoms with E-state index >= 15 is 0 Å². The summed E-state index contributed by atoms with van der Waals surface area (Å²) in [6, 6.07) is 11.9. The number of aromatic nitrogens is 2. The Balaban J connectivity index is 1.54. The lowest BCUT2D eigenvalue weighted by Gasteiger charge is -2.24. The predicted molar refractivity (Wildman–Crippen MR) is 120 cm³/mol. The minimum absolute atomic E-state index is 0.0341. The molecular weight excluding hydrogens is 390 g/mol. The standard InChI is InChI=1S/C25H29N3O3/c1-16-8-9-19(12-17(16)2)28-23-7-5-6-22(21(23)15-26-28)27-25(29)14-18-13-20(30-3)10-11-24(18)31-4/h8-13,15,22H,5-7,14H2,1-4H3,(H,27,29). The van der Waals surface area contributed by atoms with Crippen LogP contribution in [-0.4, -0.2) is 29.9 Å². The van der Waals surface area contributed by atoms with Crippen LogP contribution in [0.3, 0.4) is 0 Å². The van der Waals surface area contributed by atoms with Gasteiger partial charge in [0.2, 0.25) is 5.91 Å². The number of fused-ring (bicyclic) bond motifs is 1. The van der Waals surface area contributed by atoms with Crippen LogP contribution in [-0.2, 0) is 17.6 Å². The number of ether oxygens (including phenoxy) is 2. The Morgan fingerprint density at radius 2 is 1.97 bits per heavy atom. The second kappa shape index (κ2) is 8.84. The molecule has 0 bridgehead atoms. The number of methoxy groups -OCH3 is 2. The first kappa shape index (κ1) is 21.0. The van der Waals surface area contributed by atoms with Gasteiger partial charge in [0, 0.05) is 16.8 Å². The Morgan fingerprint density at radius 3 is 2.71 bits per heavy atom. The minimum atomic E-state index is -0.0386. The molecule has 31 heavy (non-hydrogen) atoms. The van der Waals surface area contributed by atoms with Gasteiger partial charge in [-0.2, -0.15) is 5.10 Å². The molecule has 1 heterocycles. The molecule has 1 atom stereocenters. The fourth-order valence-electron chi connectivity index (χ4n) is 4.23. The third-order valence-electron chi connectivity index (χ3n) is 6.09. The molecule has 6 nitrogen and oxygen atoms in total. The van der Waals surface area contributed by atoms with Crippen molar-refractivity contribution in [3.63, 3.8) is 0 Å². The molecule has 3 aromatic rings. The Labute approximate surface area is 183 Å². The average Bonchev–Trinajstić information content (AvgIpc) is 3.21. The lowest BCUT2D eigenvalue weighted by molar-refractivity contribution is -0.121. The Morgan fingerprint density at radius 1 is 1.13 bits per heavy atom. The van der Waals surface area contributed by atoms with E-state index in [1.807, 2.05) is 29.1 Å². The van der Waals surface area contributed by atoms with Gasteiger partial charge in [-0.15, -0.1) is 0 Å². The lowest BCUT2D eigenvalue weighted by atomic mass is 9.92. The van der Waals surface area contributed by atoms with Gasteiger partial charge in [-0.05, 0) is 74.6 Å². The van der Waals surface area contributed by atoms with Crippen molar-refractivity contribution in [2.45, 2.75) is 45.6 Å². The quantitative estimate of drug-likeness (QED) is 0.649. The summed E-state index contributed by atoms with van der Waals surface area (Å²) in [7, 11) is 3.22. The van der Waals surface area contributed by atoms with Crippen LogP contribution in [0.5, 0.6) is 11.5 Å². The summed E-state index contributed by atoms with van der Waals surface area (Å²) in [5.74, 6) is 1.35. The molecule has 0 spiro atoms. The van der Waals surface area contributed by atoms with E-state index in [2.05, 4.69) is 42.5 Å². The zero-order chi connectivity index (χ0) is 22.0. The van der Waals surface area contributed by atoms with Crippen molar-refractivity contribution in [1.82, 2.24) is 15.1 Å². The molecule has 0 aliphatic heterocycles. The molecule has 0 saturated heterocycles. The number of nitrogens with zero attached hydrogens (tertiary/aromatic N) is 2. The first-order chi connectivity index (χ1) is 15.0. The molecule has 1 aliphatic carbocycles. The molecule has 1 amide bonds. The summed E-state index contributed by atoms with van der Waals surface area (Å²) >= 11 is 0. The zero-order valence-electron chi connectivity index (χ0n) is 18.6. The molecule has 162 valence electrons. The molecule has 1 aromatic heterocycles. The molecule has 1 unspecified atom stereocenters. The van der Waals surface area contributed by atoms with Crippen molar-refractivity contribution >= 4 is 5.91 Å². The van der Waals surface area contributed by atoms with Gasteiger partial charge in [-0.25, -0.2) is 4.68 Å². The van der Waals surface area contributed by atoms with E-state index < -0.39 is 0 Å². The number of benzene rings is 2. The van der Waals surface area contributed by atoms with Gasteiger partial charge in [0.05, 0.1) is 38.6 Å². The van der Waals surface area contributed by atoms with Crippen molar-refractivity contribution < 1.29 is 14.3 Å². The maximum Gasteiger partial charge on any atom is 0.225 e. The highest BCUT2D eigenvalue weighted by Crippen LogP contribution is 2.32. The van der Waals surface area contributed by atoms with E-state index in [1.54, 1.807) is 14.2 Å². The summed E-state index contributed by atoms with van der Waals surface area (Å²) in [5, 5.41) is 7.87. The zero-order valence-corrected chi connectivity index (χ0v) is 18.6. The number of carbonyl (C=O) groups is 1. The number of nitrogens with one attached hydrogen (secondary N) is 1. The third kappa shape index (κ3) is 4.29. The minimum Gasteiger partial charge on any atom is -0.497 e. The molecular formula is C25H29N3O3. The highest BCUT2D eigenvalue weighted by Gasteiger charge is 2.26. The van der Waals surface area contributed by atoms with E-state index in [-0.39, 0.29) is 18.4 Å². The van der Waals surface area contributed by atoms with Crippen molar-refractivity contribution in [1.29, 1.82) is 0 Å². The van der Waals surface area contributed by atoms with Crippen LogP contribution in [0.2, 0.25) is 0 Å². The molecule has 0 fully saturated rings. The summed E-state index contributed by atoms with van der Waals surface area (Å²) < 4.78 is 12.7. The second-order valence-electron chi connectivity index (χ2n) is 8.09. The molecule has 6 heteroatoms. The number of carbonyl (C=O) groups excluding carboxylic acids is 1. The summed E-state index contributed by atoms with van der Waals surface area (Å²) in [5.41, 5.74) is 6.67. The number of rotatable bonds is 6. The second-order valence-corrected chi connectivity index (χ2v) is 8.09. The van der Waals surface area contributed by atoms with Crippen molar-refractivity contribution in [2.75, 3.05) is 14.2 Å². The molecule has 4 rings (SSSR count). The molecule has 0 radical (unpaired) electrons. The van der Waals surface area contributed by atoms with Gasteiger partial charge in [0.15, 0.2) is 0 Å². The molecule has 0 saturated carbocycles. The van der Waals surface area contributed by atoms with E-state index in [1.165, 1.54) is 16.8 Å². The topological polar surface area (TPSA) is 65.4 Å². The lowest BCUT2D eigenvalue weighted by Crippen LogP contribution is -2.32. The van der Waals surface area contributed by atoms with Gasteiger partial charge < -0.3 is 14.8 Å². The highest BCUT2D eigenvalue weighted by atomic mass is 16.5. The fraction of sp³-hybridized carbons (Fsp3) is 0.360. The number of aryl methyl sites for hydroxylation is 2. The van der Waals surface area contributed by atoms with Crippen LogP contribution in [0.1, 0.15) is 46.8 Å². The fourth-order valence-corrected chi connectivity index (χ4v) is 4.23. The van der Waals surface area contributed by atoms with Crippen LogP contribution in [0.4, 0.5) is 0 Å². The monoisotopic (exact) mass is 419 g/mol. The van der Waals surface area contributed by atoms with Crippen molar-refractivity contribution in [2.24, 2.45) is 0 Å². The van der Waals surface area contributed by atoms with Crippen LogP contribution in [0.15, 0.2) is 42.6 Å². The smallest absolute Gasteiger partial charge is 0.225 e.